The van der Waals surface area contributed by atoms with Crippen molar-refractivity contribution in [2.75, 3.05) is 18.9 Å². The number of halogens is 1. The quantitative estimate of drug-likeness (QED) is 0.645. The Morgan fingerprint density at radius 3 is 2.69 bits per heavy atom. The number of carbonyl (C=O) groups is 1. The molecular formula is C22H24FN4O2+. The molecule has 1 amide bonds. The summed E-state index contributed by atoms with van der Waals surface area (Å²) in [6, 6.07) is 12.4. The molecular weight excluding hydrogens is 371 g/mol. The van der Waals surface area contributed by atoms with E-state index in [2.05, 4.69) is 11.4 Å². The lowest BCUT2D eigenvalue weighted by Crippen LogP contribution is -3.08. The van der Waals surface area contributed by atoms with Crippen LogP contribution in [0.25, 0.3) is 0 Å². The zero-order valence-corrected chi connectivity index (χ0v) is 16.8. The van der Waals surface area contributed by atoms with E-state index in [4.69, 9.17) is 4.42 Å². The van der Waals surface area contributed by atoms with Crippen LogP contribution in [0, 0.1) is 31.0 Å². The number of hydrogen-bond donors (Lipinski definition) is 2. The maximum Gasteiger partial charge on any atom is 0.280 e. The average Bonchev–Trinajstić information content (AvgIpc) is 3.26. The zero-order chi connectivity index (χ0) is 21.0. The van der Waals surface area contributed by atoms with E-state index in [0.29, 0.717) is 30.0 Å². The summed E-state index contributed by atoms with van der Waals surface area (Å²) >= 11 is 0. The highest BCUT2D eigenvalue weighted by Gasteiger charge is 2.22. The fourth-order valence-electron chi connectivity index (χ4n) is 3.37. The first-order valence-corrected chi connectivity index (χ1v) is 9.37. The Kier molecular flexibility index (Phi) is 6.15. The number of hydrogen-bond acceptors (Lipinski definition) is 3. The van der Waals surface area contributed by atoms with Gasteiger partial charge in [-0.15, -0.1) is 0 Å². The summed E-state index contributed by atoms with van der Waals surface area (Å²) in [6.07, 6.45) is 1.59. The molecule has 6 nitrogen and oxygen atoms in total. The van der Waals surface area contributed by atoms with Gasteiger partial charge in [-0.25, -0.2) is 4.39 Å². The topological polar surface area (TPSA) is 75.4 Å². The van der Waals surface area contributed by atoms with Crippen molar-refractivity contribution in [3.05, 3.63) is 76.6 Å². The second-order valence-electron chi connectivity index (χ2n) is 7.16. The molecule has 0 radical (unpaired) electrons. The number of nitriles is 1. The van der Waals surface area contributed by atoms with Crippen LogP contribution in [0.1, 0.15) is 28.1 Å². The number of nitrogens with zero attached hydrogens (tertiary/aromatic N) is 2. The smallest absolute Gasteiger partial charge is 0.280 e. The minimum Gasteiger partial charge on any atom is -0.467 e. The van der Waals surface area contributed by atoms with Gasteiger partial charge in [0.1, 0.15) is 30.0 Å². The molecule has 0 fully saturated rings. The fourth-order valence-corrected chi connectivity index (χ4v) is 3.37. The summed E-state index contributed by atoms with van der Waals surface area (Å²) in [7, 11) is 1.83. The van der Waals surface area contributed by atoms with Crippen molar-refractivity contribution < 1.29 is 18.5 Å². The van der Waals surface area contributed by atoms with Crippen molar-refractivity contribution >= 4 is 11.7 Å². The Labute approximate surface area is 169 Å². The van der Waals surface area contributed by atoms with Crippen LogP contribution in [0.3, 0.4) is 0 Å². The Morgan fingerprint density at radius 1 is 1.28 bits per heavy atom. The normalized spacial score (nSPS) is 11.8. The van der Waals surface area contributed by atoms with Gasteiger partial charge in [-0.05, 0) is 37.6 Å². The first-order chi connectivity index (χ1) is 13.9. The van der Waals surface area contributed by atoms with E-state index in [1.165, 1.54) is 6.07 Å². The van der Waals surface area contributed by atoms with Gasteiger partial charge in [0.2, 0.25) is 0 Å². The molecule has 0 bridgehead atoms. The lowest BCUT2D eigenvalue weighted by molar-refractivity contribution is -0.885. The summed E-state index contributed by atoms with van der Waals surface area (Å²) in [4.78, 5) is 13.5. The van der Waals surface area contributed by atoms with Gasteiger partial charge in [0.15, 0.2) is 6.54 Å². The predicted molar refractivity (Wildman–Crippen MR) is 107 cm³/mol. The molecule has 3 rings (SSSR count). The van der Waals surface area contributed by atoms with Crippen LogP contribution in [0.4, 0.5) is 10.2 Å². The van der Waals surface area contributed by atoms with Crippen molar-refractivity contribution in [3.8, 4) is 6.07 Å². The van der Waals surface area contributed by atoms with E-state index in [1.54, 1.807) is 30.5 Å². The minimum absolute atomic E-state index is 0.142. The molecule has 2 heterocycles. The Bertz CT molecular complexity index is 1050. The number of nitrogens with one attached hydrogen (secondary N) is 2. The third kappa shape index (κ3) is 4.55. The second kappa shape index (κ2) is 8.76. The number of rotatable bonds is 7. The lowest BCUT2D eigenvalue weighted by Gasteiger charge is -2.16. The number of amides is 1. The van der Waals surface area contributed by atoms with Crippen LogP contribution in [-0.2, 0) is 17.9 Å². The van der Waals surface area contributed by atoms with Crippen LogP contribution in [0.2, 0.25) is 0 Å². The van der Waals surface area contributed by atoms with Crippen molar-refractivity contribution in [2.45, 2.75) is 26.9 Å². The summed E-state index contributed by atoms with van der Waals surface area (Å²) in [5.41, 5.74) is 2.71. The van der Waals surface area contributed by atoms with Crippen molar-refractivity contribution in [1.29, 1.82) is 5.26 Å². The van der Waals surface area contributed by atoms with Crippen molar-refractivity contribution in [2.24, 2.45) is 0 Å². The molecule has 1 atom stereocenters. The molecule has 3 aromatic rings. The third-order valence-electron chi connectivity index (χ3n) is 5.01. The second-order valence-corrected chi connectivity index (χ2v) is 7.16. The molecule has 0 aliphatic carbocycles. The van der Waals surface area contributed by atoms with E-state index in [-0.39, 0.29) is 18.3 Å². The Morgan fingerprint density at radius 2 is 2.03 bits per heavy atom. The van der Waals surface area contributed by atoms with E-state index < -0.39 is 0 Å². The van der Waals surface area contributed by atoms with Crippen LogP contribution >= 0.6 is 0 Å². The van der Waals surface area contributed by atoms with Crippen LogP contribution in [0.15, 0.2) is 47.1 Å². The number of anilines is 1. The van der Waals surface area contributed by atoms with Crippen LogP contribution in [-0.4, -0.2) is 24.1 Å². The molecule has 0 saturated carbocycles. The highest BCUT2D eigenvalue weighted by atomic mass is 19.1. The van der Waals surface area contributed by atoms with Gasteiger partial charge in [-0.3, -0.25) is 4.79 Å². The maximum atomic E-state index is 13.9. The first-order valence-electron chi connectivity index (χ1n) is 9.37. The summed E-state index contributed by atoms with van der Waals surface area (Å²) < 4.78 is 21.1. The lowest BCUT2D eigenvalue weighted by atomic mass is 10.2. The highest BCUT2D eigenvalue weighted by Crippen LogP contribution is 2.27. The molecule has 0 aliphatic heterocycles. The number of quaternary nitrogens is 1. The Hall–Kier alpha value is -3.37. The average molecular weight is 395 g/mol. The largest absolute Gasteiger partial charge is 0.467 e. The number of likely N-dealkylation sites (N-methyl/N-ethyl adjacent to an activating group) is 1. The number of aromatic nitrogens is 1. The van der Waals surface area contributed by atoms with E-state index in [0.717, 1.165) is 21.9 Å². The third-order valence-corrected chi connectivity index (χ3v) is 5.01. The molecule has 1 unspecified atom stereocenters. The number of carbonyl (C=O) groups excluding carboxylic acids is 1. The van der Waals surface area contributed by atoms with Crippen molar-refractivity contribution in [3.63, 3.8) is 0 Å². The molecule has 29 heavy (non-hydrogen) atoms. The molecule has 1 aromatic carbocycles. The molecule has 150 valence electrons. The van der Waals surface area contributed by atoms with E-state index in [9.17, 15) is 14.4 Å². The molecule has 2 aromatic heterocycles. The van der Waals surface area contributed by atoms with Gasteiger partial charge in [-0.1, -0.05) is 18.2 Å². The first kappa shape index (κ1) is 20.4. The van der Waals surface area contributed by atoms with Gasteiger partial charge in [0, 0.05) is 11.3 Å². The fraction of sp³-hybridized carbons (Fsp3) is 0.273. The monoisotopic (exact) mass is 395 g/mol. The predicted octanol–water partition coefficient (Wildman–Crippen LogP) is 2.41. The molecule has 0 aliphatic rings. The van der Waals surface area contributed by atoms with E-state index in [1.807, 2.05) is 31.5 Å². The van der Waals surface area contributed by atoms with Crippen LogP contribution in [0.5, 0.6) is 0 Å². The standard InChI is InChI=1S/C22H23FN4O2/c1-15-16(2)27(13-18-8-6-10-29-18)22(19(15)11-24)25-21(28)14-26(3)12-17-7-4-5-9-20(17)23/h4-10H,12-14H2,1-3H3,(H,25,28)/p+1. The number of benzene rings is 1. The molecule has 0 saturated heterocycles. The van der Waals surface area contributed by atoms with Gasteiger partial charge in [0.25, 0.3) is 5.91 Å². The summed E-state index contributed by atoms with van der Waals surface area (Å²) in [5.74, 6) is 0.666. The van der Waals surface area contributed by atoms with Gasteiger partial charge in [-0.2, -0.15) is 5.26 Å². The summed E-state index contributed by atoms with van der Waals surface area (Å²) in [6.45, 7) is 4.71. The molecule has 2 N–H and O–H groups in total. The van der Waals surface area contributed by atoms with Crippen molar-refractivity contribution in [1.82, 2.24) is 4.57 Å². The minimum atomic E-state index is -0.280. The molecule has 0 spiro atoms. The van der Waals surface area contributed by atoms with Gasteiger partial charge >= 0.3 is 0 Å². The highest BCUT2D eigenvalue weighted by molar-refractivity contribution is 5.92. The van der Waals surface area contributed by atoms with E-state index >= 15 is 0 Å². The van der Waals surface area contributed by atoms with Crippen LogP contribution < -0.4 is 10.2 Å². The Balaban J connectivity index is 1.76. The zero-order valence-electron chi connectivity index (χ0n) is 16.8. The maximum absolute atomic E-state index is 13.9. The molecule has 7 heteroatoms. The summed E-state index contributed by atoms with van der Waals surface area (Å²) in [5, 5.41) is 12.5. The van der Waals surface area contributed by atoms with Gasteiger partial charge < -0.3 is 19.2 Å². The SMILES string of the molecule is Cc1c(C#N)c(NC(=O)C[NH+](C)Cc2ccccc2F)n(Cc2ccco2)c1C. The number of furan rings is 1. The van der Waals surface area contributed by atoms with Gasteiger partial charge in [0.05, 0.1) is 25.4 Å².